The number of hydrogen-bond acceptors (Lipinski definition) is 5. The van der Waals surface area contributed by atoms with Crippen molar-refractivity contribution >= 4 is 23.5 Å². The highest BCUT2D eigenvalue weighted by Crippen LogP contribution is 2.50. The van der Waals surface area contributed by atoms with Gasteiger partial charge in [0.05, 0.1) is 23.6 Å². The minimum Gasteiger partial charge on any atom is -0.481 e. The third-order valence-corrected chi connectivity index (χ3v) is 7.11. The third-order valence-electron chi connectivity index (χ3n) is 6.82. The van der Waals surface area contributed by atoms with Crippen LogP contribution in [0.1, 0.15) is 43.5 Å². The second-order valence-corrected chi connectivity index (χ2v) is 9.62. The van der Waals surface area contributed by atoms with Crippen LogP contribution in [0.3, 0.4) is 0 Å². The van der Waals surface area contributed by atoms with Crippen molar-refractivity contribution in [1.29, 1.82) is 0 Å². The van der Waals surface area contributed by atoms with Gasteiger partial charge >= 0.3 is 0 Å². The Labute approximate surface area is 202 Å². The van der Waals surface area contributed by atoms with E-state index < -0.39 is 11.5 Å². The molecule has 1 unspecified atom stereocenters. The summed E-state index contributed by atoms with van der Waals surface area (Å²) in [4.78, 5) is 12.5. The number of imidazole rings is 1. The number of ether oxygens (including phenoxy) is 1. The summed E-state index contributed by atoms with van der Waals surface area (Å²) in [5, 5.41) is 4.45. The first kappa shape index (κ1) is 21.2. The Morgan fingerprint density at radius 1 is 1.18 bits per heavy atom. The molecule has 2 fully saturated rings. The Hall–Kier alpha value is -3.32. The molecule has 3 heterocycles. The van der Waals surface area contributed by atoms with Crippen LogP contribution in [0.15, 0.2) is 65.9 Å². The zero-order valence-corrected chi connectivity index (χ0v) is 19.7. The molecule has 3 aromatic rings. The molecular weight excluding hydrogens is 455 g/mol. The van der Waals surface area contributed by atoms with Crippen LogP contribution in [0.25, 0.3) is 11.8 Å². The molecule has 1 spiro atoms. The van der Waals surface area contributed by atoms with Crippen molar-refractivity contribution < 1.29 is 14.0 Å². The summed E-state index contributed by atoms with van der Waals surface area (Å²) in [6.07, 6.45) is 8.70. The fourth-order valence-electron chi connectivity index (χ4n) is 4.50. The number of nitrogens with zero attached hydrogens (tertiary/aromatic N) is 4. The molecule has 0 N–H and O–H groups in total. The zero-order chi connectivity index (χ0) is 23.5. The maximum atomic E-state index is 13.8. The minimum atomic E-state index is -0.895. The third kappa shape index (κ3) is 3.46. The van der Waals surface area contributed by atoms with Gasteiger partial charge in [-0.25, -0.2) is 9.37 Å². The van der Waals surface area contributed by atoms with Crippen LogP contribution >= 0.6 is 11.6 Å². The number of halogens is 2. The highest BCUT2D eigenvalue weighted by Gasteiger charge is 2.58. The lowest BCUT2D eigenvalue weighted by atomic mass is 10.0. The van der Waals surface area contributed by atoms with Gasteiger partial charge in [0.15, 0.2) is 5.76 Å². The lowest BCUT2D eigenvalue weighted by molar-refractivity contribution is -0.108. The first-order valence-electron chi connectivity index (χ1n) is 11.4. The highest BCUT2D eigenvalue weighted by molar-refractivity contribution is 6.30. The molecule has 174 valence electrons. The number of amidine groups is 1. The molecule has 1 aliphatic carbocycles. The number of rotatable bonds is 4. The van der Waals surface area contributed by atoms with Crippen molar-refractivity contribution in [3.8, 4) is 5.69 Å². The molecule has 6 rings (SSSR count). The SMILES string of the molecule is CCc1cn(-c2ccc(/C=C3\OC4(CC4)CN4C3=NOC4(C)c3ccc(F)c(Cl)c3)cc2)cn1. The van der Waals surface area contributed by atoms with Gasteiger partial charge in [-0.15, -0.1) is 0 Å². The van der Waals surface area contributed by atoms with E-state index in [1.54, 1.807) is 12.1 Å². The Bertz CT molecular complexity index is 1330. The van der Waals surface area contributed by atoms with Crippen LogP contribution in [0.5, 0.6) is 0 Å². The molecule has 2 aromatic carbocycles. The van der Waals surface area contributed by atoms with Crippen LogP contribution in [-0.4, -0.2) is 32.4 Å². The van der Waals surface area contributed by atoms with Gasteiger partial charge in [-0.1, -0.05) is 35.8 Å². The molecule has 0 bridgehead atoms. The van der Waals surface area contributed by atoms with Crippen LogP contribution in [0, 0.1) is 5.82 Å². The van der Waals surface area contributed by atoms with Crippen molar-refractivity contribution in [2.45, 2.75) is 44.4 Å². The standard InChI is InChI=1S/C26H24ClFN4O2/c1-3-19-14-31(16-29-19)20-7-4-17(5-8-20)12-23-24-30-34-25(2,18-6-9-22(28)21(27)13-18)32(24)15-26(33-23)10-11-26/h4-9,12-14,16H,3,10-11,15H2,1-2H3/b23-12-. The molecule has 1 atom stereocenters. The largest absolute Gasteiger partial charge is 0.481 e. The van der Waals surface area contributed by atoms with Gasteiger partial charge in [-0.3, -0.25) is 0 Å². The minimum absolute atomic E-state index is 0.0602. The number of aryl methyl sites for hydroxylation is 1. The molecule has 8 heteroatoms. The maximum absolute atomic E-state index is 13.8. The van der Waals surface area contributed by atoms with Gasteiger partial charge in [0, 0.05) is 24.4 Å². The van der Waals surface area contributed by atoms with Crippen LogP contribution in [0.4, 0.5) is 4.39 Å². The predicted molar refractivity (Wildman–Crippen MR) is 128 cm³/mol. The zero-order valence-electron chi connectivity index (χ0n) is 19.0. The normalized spacial score (nSPS) is 23.5. The number of aromatic nitrogens is 2. The molecule has 6 nitrogen and oxygen atoms in total. The van der Waals surface area contributed by atoms with E-state index in [1.165, 1.54) is 6.07 Å². The van der Waals surface area contributed by atoms with E-state index in [1.807, 2.05) is 42.2 Å². The smallest absolute Gasteiger partial charge is 0.234 e. The fourth-order valence-corrected chi connectivity index (χ4v) is 4.68. The summed E-state index contributed by atoms with van der Waals surface area (Å²) in [6, 6.07) is 12.9. The van der Waals surface area contributed by atoms with Gasteiger partial charge in [0.25, 0.3) is 0 Å². The summed E-state index contributed by atoms with van der Waals surface area (Å²) in [5.41, 5.74) is 2.69. The Morgan fingerprint density at radius 3 is 2.65 bits per heavy atom. The van der Waals surface area contributed by atoms with E-state index in [-0.39, 0.29) is 10.6 Å². The predicted octanol–water partition coefficient (Wildman–Crippen LogP) is 5.65. The van der Waals surface area contributed by atoms with Crippen LogP contribution in [0.2, 0.25) is 5.02 Å². The maximum Gasteiger partial charge on any atom is 0.234 e. The second-order valence-electron chi connectivity index (χ2n) is 9.22. The van der Waals surface area contributed by atoms with Gasteiger partial charge in [0.2, 0.25) is 11.6 Å². The Morgan fingerprint density at radius 2 is 1.97 bits per heavy atom. The fraction of sp³-hybridized carbons (Fsp3) is 0.308. The summed E-state index contributed by atoms with van der Waals surface area (Å²) in [7, 11) is 0. The Balaban J connectivity index is 1.31. The molecule has 3 aliphatic rings. The van der Waals surface area contributed by atoms with Gasteiger partial charge < -0.3 is 19.0 Å². The molecule has 2 aliphatic heterocycles. The summed E-state index contributed by atoms with van der Waals surface area (Å²) >= 11 is 6.07. The van der Waals surface area contributed by atoms with Crippen LogP contribution in [-0.2, 0) is 21.7 Å². The molecule has 1 saturated heterocycles. The topological polar surface area (TPSA) is 51.9 Å². The van der Waals surface area contributed by atoms with Crippen molar-refractivity contribution in [3.05, 3.63) is 88.4 Å². The van der Waals surface area contributed by atoms with E-state index in [0.717, 1.165) is 41.8 Å². The quantitative estimate of drug-likeness (QED) is 0.486. The molecule has 0 amide bonds. The van der Waals surface area contributed by atoms with Crippen molar-refractivity contribution in [1.82, 2.24) is 14.5 Å². The van der Waals surface area contributed by atoms with E-state index in [0.29, 0.717) is 18.1 Å². The number of oxime groups is 1. The molecule has 0 radical (unpaired) electrons. The number of benzene rings is 2. The Kier molecular flexibility index (Phi) is 4.74. The van der Waals surface area contributed by atoms with Crippen molar-refractivity contribution in [2.24, 2.45) is 5.16 Å². The van der Waals surface area contributed by atoms with Gasteiger partial charge in [-0.2, -0.15) is 0 Å². The van der Waals surface area contributed by atoms with E-state index in [9.17, 15) is 4.39 Å². The van der Waals surface area contributed by atoms with Crippen LogP contribution < -0.4 is 0 Å². The summed E-state index contributed by atoms with van der Waals surface area (Å²) < 4.78 is 22.2. The van der Waals surface area contributed by atoms with E-state index >= 15 is 0 Å². The average Bonchev–Trinajstić information content (AvgIpc) is 3.25. The number of fused-ring (bicyclic) bond motifs is 1. The lowest BCUT2D eigenvalue weighted by Gasteiger charge is -2.41. The second kappa shape index (κ2) is 7.60. The molecule has 1 saturated carbocycles. The highest BCUT2D eigenvalue weighted by atomic mass is 35.5. The molecule has 34 heavy (non-hydrogen) atoms. The first-order chi connectivity index (χ1) is 16.4. The lowest BCUT2D eigenvalue weighted by Crippen LogP contribution is -2.53. The summed E-state index contributed by atoms with van der Waals surface area (Å²) in [6.45, 7) is 4.66. The monoisotopic (exact) mass is 478 g/mol. The molecule has 1 aromatic heterocycles. The average molecular weight is 479 g/mol. The molecular formula is C26H24ClFN4O2. The number of hydrogen-bond donors (Lipinski definition) is 0. The van der Waals surface area contributed by atoms with Gasteiger partial charge in [-0.05, 0) is 61.2 Å². The number of morpholine rings is 1. The van der Waals surface area contributed by atoms with Crippen molar-refractivity contribution in [2.75, 3.05) is 6.54 Å². The van der Waals surface area contributed by atoms with Crippen molar-refractivity contribution in [3.63, 3.8) is 0 Å². The van der Waals surface area contributed by atoms with Gasteiger partial charge in [0.1, 0.15) is 11.4 Å². The van der Waals surface area contributed by atoms with E-state index in [4.69, 9.17) is 21.2 Å². The first-order valence-corrected chi connectivity index (χ1v) is 11.8. The van der Waals surface area contributed by atoms with E-state index in [2.05, 4.69) is 34.1 Å². The summed E-state index contributed by atoms with van der Waals surface area (Å²) in [5.74, 6) is 0.843.